The third-order valence-electron chi connectivity index (χ3n) is 8.36. The van der Waals surface area contributed by atoms with Gasteiger partial charge in [0.05, 0.1) is 32.7 Å². The second kappa shape index (κ2) is 17.9. The quantitative estimate of drug-likeness (QED) is 0.0919. The van der Waals surface area contributed by atoms with Crippen LogP contribution in [-0.2, 0) is 19.6 Å². The minimum atomic E-state index is -4.09. The summed E-state index contributed by atoms with van der Waals surface area (Å²) in [6, 6.07) is 20.5. The van der Waals surface area contributed by atoms with Gasteiger partial charge in [0.15, 0.2) is 6.79 Å². The molecule has 3 aromatic carbocycles. The van der Waals surface area contributed by atoms with Crippen LogP contribution in [0, 0.1) is 13.8 Å². The Hall–Kier alpha value is -3.83. The van der Waals surface area contributed by atoms with E-state index in [-0.39, 0.29) is 17.6 Å². The van der Waals surface area contributed by atoms with E-state index in [1.165, 1.54) is 24.6 Å². The lowest BCUT2D eigenvalue weighted by molar-refractivity contribution is -0.0273. The first kappa shape index (κ1) is 39.0. The Morgan fingerprint density at radius 3 is 2.30 bits per heavy atom. The van der Waals surface area contributed by atoms with Crippen molar-refractivity contribution in [2.75, 3.05) is 18.7 Å². The van der Waals surface area contributed by atoms with E-state index in [2.05, 4.69) is 5.32 Å². The van der Waals surface area contributed by atoms with Crippen LogP contribution in [0.25, 0.3) is 0 Å². The van der Waals surface area contributed by atoms with E-state index in [9.17, 15) is 18.0 Å². The molecule has 0 atom stereocenters. The summed E-state index contributed by atoms with van der Waals surface area (Å²) in [7, 11) is -4.09. The zero-order valence-corrected chi connectivity index (χ0v) is 31.3. The zero-order valence-electron chi connectivity index (χ0n) is 29.0. The van der Waals surface area contributed by atoms with E-state index < -0.39 is 21.6 Å². The van der Waals surface area contributed by atoms with Gasteiger partial charge in [-0.2, -0.15) is 8.42 Å². The molecule has 12 heteroatoms. The van der Waals surface area contributed by atoms with Crippen molar-refractivity contribution in [2.24, 2.45) is 0 Å². The molecule has 4 aromatic rings. The summed E-state index contributed by atoms with van der Waals surface area (Å²) in [5.41, 5.74) is 4.45. The van der Waals surface area contributed by atoms with Gasteiger partial charge in [0.1, 0.15) is 4.90 Å². The second-order valence-corrected chi connectivity index (χ2v) is 14.8. The number of nitrogens with zero attached hydrogens (tertiary/aromatic N) is 1. The van der Waals surface area contributed by atoms with Crippen LogP contribution >= 0.6 is 23.2 Å². The third kappa shape index (κ3) is 10.1. The van der Waals surface area contributed by atoms with Gasteiger partial charge in [-0.3, -0.25) is 9.08 Å². The van der Waals surface area contributed by atoms with Gasteiger partial charge in [-0.25, -0.2) is 4.79 Å². The van der Waals surface area contributed by atoms with Crippen molar-refractivity contribution >= 4 is 50.7 Å². The van der Waals surface area contributed by atoms with E-state index in [0.29, 0.717) is 45.2 Å². The maximum Gasteiger partial charge on any atom is 0.357 e. The molecule has 0 amide bonds. The van der Waals surface area contributed by atoms with Gasteiger partial charge in [-0.05, 0) is 92.6 Å². The molecule has 0 unspecified atom stereocenters. The largest absolute Gasteiger partial charge is 0.435 e. The number of nitrogens with one attached hydrogen (secondary N) is 1. The van der Waals surface area contributed by atoms with Gasteiger partial charge in [-0.1, -0.05) is 86.6 Å². The Morgan fingerprint density at radius 1 is 0.960 bits per heavy atom. The predicted molar refractivity (Wildman–Crippen MR) is 198 cm³/mol. The summed E-state index contributed by atoms with van der Waals surface area (Å²) in [4.78, 5) is 24.7. The molecule has 9 nitrogen and oxygen atoms in total. The molecule has 1 aliphatic carbocycles. The Labute approximate surface area is 304 Å². The maximum atomic E-state index is 12.8. The Bertz CT molecular complexity index is 1940. The smallest absolute Gasteiger partial charge is 0.357 e. The number of hydrogen-bond donors (Lipinski definition) is 1. The van der Waals surface area contributed by atoms with Crippen molar-refractivity contribution in [2.45, 2.75) is 83.5 Å². The highest BCUT2D eigenvalue weighted by Gasteiger charge is 2.25. The molecule has 0 spiro atoms. The average molecular weight is 744 g/mol. The van der Waals surface area contributed by atoms with Gasteiger partial charge < -0.3 is 14.8 Å². The fraction of sp³-hybridized carbons (Fsp3) is 0.368. The van der Waals surface area contributed by atoms with Crippen LogP contribution in [0.3, 0.4) is 0 Å². The maximum absolute atomic E-state index is 12.8. The number of pyridine rings is 1. The second-order valence-electron chi connectivity index (χ2n) is 12.4. The molecule has 0 bridgehead atoms. The molecule has 0 saturated heterocycles. The summed E-state index contributed by atoms with van der Waals surface area (Å²) in [5.74, 6) is -0.0355. The van der Waals surface area contributed by atoms with Crippen LogP contribution in [0.5, 0.6) is 0 Å². The van der Waals surface area contributed by atoms with Gasteiger partial charge >= 0.3 is 16.1 Å². The van der Waals surface area contributed by atoms with Crippen molar-refractivity contribution in [3.63, 3.8) is 0 Å². The summed E-state index contributed by atoms with van der Waals surface area (Å²) in [6.07, 6.45) is 5.21. The van der Waals surface area contributed by atoms with Crippen LogP contribution in [-0.4, -0.2) is 32.5 Å². The number of anilines is 2. The molecule has 0 radical (unpaired) electrons. The lowest BCUT2D eigenvalue weighted by Gasteiger charge is -2.24. The Balaban J connectivity index is 0.000000228. The van der Waals surface area contributed by atoms with E-state index in [0.717, 1.165) is 47.1 Å². The molecule has 0 aliphatic heterocycles. The molecule has 1 fully saturated rings. The number of rotatable bonds is 11. The molecular weight excluding hydrogens is 699 g/mol. The van der Waals surface area contributed by atoms with Crippen LogP contribution in [0.2, 0.25) is 10.0 Å². The number of aryl methyl sites for hydroxylation is 2. The number of carbonyl (C=O) groups excluding carboxylic acids is 1. The Kier molecular flexibility index (Phi) is 13.9. The number of esters is 1. The van der Waals surface area contributed by atoms with Crippen molar-refractivity contribution in [1.82, 2.24) is 4.73 Å². The number of aromatic nitrogens is 1. The monoisotopic (exact) mass is 742 g/mol. The molecular formula is C38H44Cl2N2O7S. The highest BCUT2D eigenvalue weighted by atomic mass is 35.5. The molecule has 1 saturated carbocycles. The van der Waals surface area contributed by atoms with Gasteiger partial charge in [-0.15, -0.1) is 4.73 Å². The third-order valence-corrected chi connectivity index (χ3v) is 10.4. The lowest BCUT2D eigenvalue weighted by Crippen LogP contribution is -2.34. The van der Waals surface area contributed by atoms with Gasteiger partial charge in [0.2, 0.25) is 0 Å². The van der Waals surface area contributed by atoms with Crippen molar-refractivity contribution in [1.29, 1.82) is 0 Å². The first-order valence-electron chi connectivity index (χ1n) is 16.7. The number of ether oxygens (including phenoxy) is 2. The molecule has 5 rings (SSSR count). The molecule has 50 heavy (non-hydrogen) atoms. The van der Waals surface area contributed by atoms with Crippen LogP contribution < -0.4 is 15.2 Å². The molecule has 1 aromatic heterocycles. The zero-order chi connectivity index (χ0) is 36.4. The average Bonchev–Trinajstić information content (AvgIpc) is 3.10. The standard InChI is InChI=1S/C21H27NO4S.C17H17Cl2NO3/c1-15(2)17-9-11-19(12-10-17)27(24,25)26-22-20(13-16(3)14-21(22)23)18-7-5-4-6-8-18;1-3-22-10-23-17(21)12-6-4-5-7-14(12)20-16-13(18)9-8-11(2)15(16)19/h9-15,18H,4-8H2,1-3H3;4-9,20H,3,10H2,1-2H3. The molecule has 1 heterocycles. The van der Waals surface area contributed by atoms with Crippen molar-refractivity contribution in [3.8, 4) is 0 Å². The topological polar surface area (TPSA) is 113 Å². The fourth-order valence-electron chi connectivity index (χ4n) is 5.57. The van der Waals surface area contributed by atoms with E-state index in [4.69, 9.17) is 37.0 Å². The number of halogens is 2. The summed E-state index contributed by atoms with van der Waals surface area (Å²) in [6.45, 7) is 10.0. The molecule has 1 aliphatic rings. The predicted octanol–water partition coefficient (Wildman–Crippen LogP) is 9.34. The summed E-state index contributed by atoms with van der Waals surface area (Å²) in [5, 5.41) is 4.10. The number of para-hydroxylation sites is 1. The van der Waals surface area contributed by atoms with Gasteiger partial charge in [0.25, 0.3) is 5.56 Å². The van der Waals surface area contributed by atoms with E-state index in [1.807, 2.05) is 46.8 Å². The normalized spacial score (nSPS) is 13.4. The lowest BCUT2D eigenvalue weighted by atomic mass is 9.86. The summed E-state index contributed by atoms with van der Waals surface area (Å²) < 4.78 is 42.0. The fourth-order valence-corrected chi connectivity index (χ4v) is 6.95. The molecule has 268 valence electrons. The van der Waals surface area contributed by atoms with Gasteiger partial charge in [0, 0.05) is 18.6 Å². The van der Waals surface area contributed by atoms with E-state index in [1.54, 1.807) is 42.5 Å². The van der Waals surface area contributed by atoms with Crippen LogP contribution in [0.4, 0.5) is 11.4 Å². The first-order chi connectivity index (χ1) is 23.8. The number of hydrogen-bond acceptors (Lipinski definition) is 8. The summed E-state index contributed by atoms with van der Waals surface area (Å²) >= 11 is 12.5. The number of carbonyl (C=O) groups is 1. The first-order valence-corrected chi connectivity index (χ1v) is 18.8. The minimum Gasteiger partial charge on any atom is -0.435 e. The highest BCUT2D eigenvalue weighted by molar-refractivity contribution is 7.87. The molecule has 1 N–H and O–H groups in total. The van der Waals surface area contributed by atoms with E-state index >= 15 is 0 Å². The number of benzene rings is 3. The van der Waals surface area contributed by atoms with Crippen molar-refractivity contribution in [3.05, 3.63) is 121 Å². The van der Waals surface area contributed by atoms with Crippen molar-refractivity contribution < 1.29 is 27.0 Å². The van der Waals surface area contributed by atoms with Crippen LogP contribution in [0.1, 0.15) is 97.5 Å². The SMILES string of the molecule is CCOCOC(=O)c1ccccc1Nc1c(Cl)ccc(C)c1Cl.Cc1cc(C2CCCCC2)n(OS(=O)(=O)c2ccc(C(C)C)cc2)c(=O)c1. The van der Waals surface area contributed by atoms with Crippen LogP contribution in [0.15, 0.2) is 82.5 Å². The highest BCUT2D eigenvalue weighted by Crippen LogP contribution is 2.36. The minimum absolute atomic E-state index is 0.0500. The Morgan fingerprint density at radius 2 is 1.64 bits per heavy atom.